The SMILES string of the molecule is CC(C)C(=[NH2+])NC(=O)N1CCC(CCCN)CC1. The lowest BCUT2D eigenvalue weighted by Crippen LogP contribution is -2.57. The minimum absolute atomic E-state index is 0.0570. The average Bonchev–Trinajstić information content (AvgIpc) is 2.36. The summed E-state index contributed by atoms with van der Waals surface area (Å²) in [6.07, 6.45) is 4.43. The maximum absolute atomic E-state index is 11.9. The topological polar surface area (TPSA) is 84.0 Å². The third-order valence-corrected chi connectivity index (χ3v) is 3.59. The molecule has 0 aliphatic carbocycles. The molecule has 2 amide bonds. The highest BCUT2D eigenvalue weighted by Gasteiger charge is 2.26. The van der Waals surface area contributed by atoms with Crippen LogP contribution in [0.1, 0.15) is 39.5 Å². The summed E-state index contributed by atoms with van der Waals surface area (Å²) in [5.41, 5.74) is 5.51. The molecule has 0 aromatic rings. The number of likely N-dealkylation sites (tertiary alicyclic amines) is 1. The predicted octanol–water partition coefficient (Wildman–Crippen LogP) is -0.0395. The molecule has 5 N–H and O–H groups in total. The molecule has 1 aliphatic heterocycles. The molecule has 5 nitrogen and oxygen atoms in total. The number of carbonyl (C=O) groups excluding carboxylic acids is 1. The van der Waals surface area contributed by atoms with Crippen LogP contribution in [0.3, 0.4) is 0 Å². The van der Waals surface area contributed by atoms with Gasteiger partial charge in [-0.3, -0.25) is 5.41 Å². The fraction of sp³-hybridized carbons (Fsp3) is 0.846. The highest BCUT2D eigenvalue weighted by Crippen LogP contribution is 2.21. The van der Waals surface area contributed by atoms with Crippen LogP contribution in [0.4, 0.5) is 4.79 Å². The summed E-state index contributed by atoms with van der Waals surface area (Å²) in [4.78, 5) is 13.8. The van der Waals surface area contributed by atoms with Crippen molar-refractivity contribution in [3.8, 4) is 0 Å². The maximum atomic E-state index is 11.9. The molecule has 0 bridgehead atoms. The third kappa shape index (κ3) is 4.64. The summed E-state index contributed by atoms with van der Waals surface area (Å²) in [5.74, 6) is 1.45. The van der Waals surface area contributed by atoms with Crippen LogP contribution in [-0.4, -0.2) is 36.4 Å². The first-order chi connectivity index (χ1) is 8.54. The highest BCUT2D eigenvalue weighted by molar-refractivity contribution is 5.95. The highest BCUT2D eigenvalue weighted by atomic mass is 16.2. The molecule has 1 rings (SSSR count). The molecule has 104 valence electrons. The van der Waals surface area contributed by atoms with E-state index in [1.54, 1.807) is 0 Å². The van der Waals surface area contributed by atoms with Gasteiger partial charge in [-0.25, -0.2) is 4.79 Å². The van der Waals surface area contributed by atoms with Crippen LogP contribution >= 0.6 is 0 Å². The molecule has 18 heavy (non-hydrogen) atoms. The van der Waals surface area contributed by atoms with Gasteiger partial charge >= 0.3 is 6.03 Å². The second-order valence-corrected chi connectivity index (χ2v) is 5.40. The molecular formula is C13H27N4O+. The van der Waals surface area contributed by atoms with Gasteiger partial charge in [0.25, 0.3) is 5.84 Å². The number of nitrogens with one attached hydrogen (secondary N) is 1. The Morgan fingerprint density at radius 1 is 1.44 bits per heavy atom. The Bertz CT molecular complexity index is 283. The molecule has 0 spiro atoms. The summed E-state index contributed by atoms with van der Waals surface area (Å²) in [6, 6.07) is -0.0570. The quantitative estimate of drug-likeness (QED) is 0.486. The smallest absolute Gasteiger partial charge is 0.330 e. The van der Waals surface area contributed by atoms with E-state index in [2.05, 4.69) is 5.32 Å². The van der Waals surface area contributed by atoms with Gasteiger partial charge in [0.1, 0.15) is 0 Å². The first kappa shape index (κ1) is 15.0. The molecule has 1 aliphatic rings. The van der Waals surface area contributed by atoms with E-state index >= 15 is 0 Å². The van der Waals surface area contributed by atoms with Crippen molar-refractivity contribution in [1.29, 1.82) is 0 Å². The Kier molecular flexibility index (Phi) is 6.12. The Balaban J connectivity index is 2.29. The van der Waals surface area contributed by atoms with Gasteiger partial charge in [0.2, 0.25) is 0 Å². The fourth-order valence-electron chi connectivity index (χ4n) is 2.18. The molecule has 0 atom stereocenters. The van der Waals surface area contributed by atoms with E-state index in [1.165, 1.54) is 6.42 Å². The Labute approximate surface area is 110 Å². The van der Waals surface area contributed by atoms with Crippen molar-refractivity contribution >= 4 is 11.9 Å². The Morgan fingerprint density at radius 3 is 2.56 bits per heavy atom. The molecule has 1 heterocycles. The number of amidine groups is 1. The normalized spacial score (nSPS) is 17.0. The molecule has 0 aromatic carbocycles. The first-order valence-electron chi connectivity index (χ1n) is 6.93. The van der Waals surface area contributed by atoms with E-state index in [0.29, 0.717) is 5.84 Å². The Hall–Kier alpha value is -1.10. The van der Waals surface area contributed by atoms with Crippen LogP contribution in [0, 0.1) is 11.8 Å². The number of amides is 2. The molecular weight excluding hydrogens is 228 g/mol. The monoisotopic (exact) mass is 255 g/mol. The minimum Gasteiger partial charge on any atom is -0.330 e. The zero-order valence-electron chi connectivity index (χ0n) is 11.6. The number of nitrogens with zero attached hydrogens (tertiary/aromatic N) is 1. The van der Waals surface area contributed by atoms with Crippen molar-refractivity contribution in [1.82, 2.24) is 10.2 Å². The number of hydrogen-bond acceptors (Lipinski definition) is 2. The van der Waals surface area contributed by atoms with E-state index < -0.39 is 0 Å². The number of urea groups is 1. The summed E-state index contributed by atoms with van der Waals surface area (Å²) in [7, 11) is 0. The van der Waals surface area contributed by atoms with Gasteiger partial charge in [-0.15, -0.1) is 0 Å². The van der Waals surface area contributed by atoms with Crippen LogP contribution in [-0.2, 0) is 0 Å². The second-order valence-electron chi connectivity index (χ2n) is 5.40. The van der Waals surface area contributed by atoms with Crippen molar-refractivity contribution in [2.45, 2.75) is 39.5 Å². The predicted molar refractivity (Wildman–Crippen MR) is 72.9 cm³/mol. The largest absolute Gasteiger partial charge is 0.408 e. The lowest BCUT2D eigenvalue weighted by molar-refractivity contribution is -0.123. The van der Waals surface area contributed by atoms with Gasteiger partial charge in [0.15, 0.2) is 0 Å². The van der Waals surface area contributed by atoms with Crippen molar-refractivity contribution in [2.24, 2.45) is 17.6 Å². The van der Waals surface area contributed by atoms with Gasteiger partial charge in [-0.1, -0.05) is 13.8 Å². The van der Waals surface area contributed by atoms with Gasteiger partial charge in [-0.05, 0) is 38.1 Å². The standard InChI is InChI=1S/C13H26N4O/c1-10(2)12(15)16-13(18)17-8-5-11(6-9-17)4-3-7-14/h10-11H,3-9,14H2,1-2H3,(H2,15,16,18)/p+1. The summed E-state index contributed by atoms with van der Waals surface area (Å²) < 4.78 is 0. The minimum atomic E-state index is -0.0570. The summed E-state index contributed by atoms with van der Waals surface area (Å²) >= 11 is 0. The molecule has 0 radical (unpaired) electrons. The van der Waals surface area contributed by atoms with Crippen LogP contribution < -0.4 is 16.5 Å². The van der Waals surface area contributed by atoms with Gasteiger partial charge < -0.3 is 10.6 Å². The van der Waals surface area contributed by atoms with Crippen LogP contribution in [0.15, 0.2) is 0 Å². The third-order valence-electron chi connectivity index (χ3n) is 3.59. The van der Waals surface area contributed by atoms with E-state index in [4.69, 9.17) is 11.1 Å². The molecule has 0 aromatic heterocycles. The van der Waals surface area contributed by atoms with E-state index in [1.807, 2.05) is 18.7 Å². The molecule has 0 saturated carbocycles. The lowest BCUT2D eigenvalue weighted by Gasteiger charge is -2.30. The molecule has 5 heteroatoms. The lowest BCUT2D eigenvalue weighted by atomic mass is 9.92. The van der Waals surface area contributed by atoms with E-state index in [9.17, 15) is 4.79 Å². The first-order valence-corrected chi connectivity index (χ1v) is 6.93. The van der Waals surface area contributed by atoms with Gasteiger partial charge in [0, 0.05) is 13.1 Å². The number of rotatable bonds is 4. The maximum Gasteiger partial charge on any atom is 0.408 e. The molecule has 1 saturated heterocycles. The summed E-state index contributed by atoms with van der Waals surface area (Å²) in [6.45, 7) is 6.35. The number of hydrogen-bond donors (Lipinski definition) is 3. The van der Waals surface area contributed by atoms with Crippen molar-refractivity contribution in [2.75, 3.05) is 19.6 Å². The number of nitrogens with two attached hydrogens (primary N) is 2. The average molecular weight is 255 g/mol. The number of piperidine rings is 1. The van der Waals surface area contributed by atoms with E-state index in [0.717, 1.165) is 44.8 Å². The Morgan fingerprint density at radius 2 is 2.06 bits per heavy atom. The fourth-order valence-corrected chi connectivity index (χ4v) is 2.18. The van der Waals surface area contributed by atoms with Crippen LogP contribution in [0.5, 0.6) is 0 Å². The van der Waals surface area contributed by atoms with Gasteiger partial charge in [0.05, 0.1) is 5.92 Å². The van der Waals surface area contributed by atoms with Crippen molar-refractivity contribution in [3.05, 3.63) is 0 Å². The van der Waals surface area contributed by atoms with Crippen LogP contribution in [0.2, 0.25) is 0 Å². The van der Waals surface area contributed by atoms with E-state index in [-0.39, 0.29) is 11.9 Å². The molecule has 0 unspecified atom stereocenters. The number of carbonyl (C=O) groups is 1. The van der Waals surface area contributed by atoms with Crippen LogP contribution in [0.25, 0.3) is 0 Å². The zero-order chi connectivity index (χ0) is 13.5. The van der Waals surface area contributed by atoms with Crippen molar-refractivity contribution < 1.29 is 10.2 Å². The zero-order valence-corrected chi connectivity index (χ0v) is 11.6. The molecule has 1 fully saturated rings. The van der Waals surface area contributed by atoms with Crippen molar-refractivity contribution in [3.63, 3.8) is 0 Å². The van der Waals surface area contributed by atoms with Gasteiger partial charge in [-0.2, -0.15) is 5.32 Å². The summed E-state index contributed by atoms with van der Waals surface area (Å²) in [5, 5.41) is 8.53. The second kappa shape index (κ2) is 7.36.